The molecular weight excluding hydrogens is 358 g/mol. The van der Waals surface area contributed by atoms with E-state index in [4.69, 9.17) is 0 Å². The van der Waals surface area contributed by atoms with Gasteiger partial charge >= 0.3 is 6.03 Å². The zero-order chi connectivity index (χ0) is 19.3. The van der Waals surface area contributed by atoms with Crippen LogP contribution in [0.3, 0.4) is 0 Å². The van der Waals surface area contributed by atoms with Gasteiger partial charge in [-0.2, -0.15) is 0 Å². The second kappa shape index (κ2) is 8.89. The number of nitrogens with zero attached hydrogens (tertiary/aromatic N) is 5. The molecule has 0 bridgehead atoms. The first-order valence-corrected chi connectivity index (χ1v) is 10.7. The van der Waals surface area contributed by atoms with E-state index in [0.717, 1.165) is 38.8 Å². The van der Waals surface area contributed by atoms with Crippen LogP contribution in [0.4, 0.5) is 4.79 Å². The van der Waals surface area contributed by atoms with Crippen molar-refractivity contribution in [2.75, 3.05) is 39.3 Å². The zero-order valence-electron chi connectivity index (χ0n) is 16.5. The van der Waals surface area contributed by atoms with Gasteiger partial charge in [0, 0.05) is 32.2 Å². The van der Waals surface area contributed by atoms with Crippen LogP contribution in [-0.2, 0) is 0 Å². The molecule has 0 aromatic carbocycles. The Balaban J connectivity index is 1.26. The Kier molecular flexibility index (Phi) is 6.09. The molecule has 1 aliphatic carbocycles. The van der Waals surface area contributed by atoms with Gasteiger partial charge in [0.05, 0.1) is 12.2 Å². The molecule has 2 N–H and O–H groups in total. The molecule has 2 aliphatic heterocycles. The summed E-state index contributed by atoms with van der Waals surface area (Å²) in [5, 5.41) is 14.8. The van der Waals surface area contributed by atoms with E-state index in [1.54, 1.807) is 11.1 Å². The van der Waals surface area contributed by atoms with Gasteiger partial charge in [0.25, 0.3) is 5.91 Å². The highest BCUT2D eigenvalue weighted by Crippen LogP contribution is 2.19. The lowest BCUT2D eigenvalue weighted by Gasteiger charge is -2.35. The van der Waals surface area contributed by atoms with Crippen LogP contribution < -0.4 is 10.6 Å². The van der Waals surface area contributed by atoms with Crippen LogP contribution in [0.5, 0.6) is 0 Å². The number of amides is 3. The van der Waals surface area contributed by atoms with Crippen molar-refractivity contribution in [1.29, 1.82) is 0 Å². The van der Waals surface area contributed by atoms with Gasteiger partial charge in [0.15, 0.2) is 5.69 Å². The van der Waals surface area contributed by atoms with Crippen LogP contribution in [0.25, 0.3) is 0 Å². The summed E-state index contributed by atoms with van der Waals surface area (Å²) in [4.78, 5) is 28.8. The van der Waals surface area contributed by atoms with Crippen molar-refractivity contribution in [3.8, 4) is 0 Å². The minimum Gasteiger partial charge on any atom is -0.335 e. The third kappa shape index (κ3) is 4.45. The normalized spacial score (nSPS) is 22.3. The predicted molar refractivity (Wildman–Crippen MR) is 104 cm³/mol. The summed E-state index contributed by atoms with van der Waals surface area (Å²) < 4.78 is 1.84. The third-order valence-corrected chi connectivity index (χ3v) is 6.20. The minimum atomic E-state index is -0.0903. The molecule has 4 rings (SSSR count). The van der Waals surface area contributed by atoms with Crippen molar-refractivity contribution >= 4 is 11.9 Å². The predicted octanol–water partition coefficient (Wildman–Crippen LogP) is 1.00. The van der Waals surface area contributed by atoms with E-state index in [9.17, 15) is 9.59 Å². The molecular formula is C19H31N7O2. The third-order valence-electron chi connectivity index (χ3n) is 6.20. The molecule has 1 aromatic rings. The van der Waals surface area contributed by atoms with Gasteiger partial charge < -0.3 is 20.4 Å². The first-order valence-electron chi connectivity index (χ1n) is 10.7. The van der Waals surface area contributed by atoms with Crippen LogP contribution in [0.15, 0.2) is 6.20 Å². The fourth-order valence-electron chi connectivity index (χ4n) is 4.41. The van der Waals surface area contributed by atoms with Crippen LogP contribution in [0.1, 0.15) is 61.5 Å². The summed E-state index contributed by atoms with van der Waals surface area (Å²) >= 11 is 0. The number of rotatable bonds is 3. The Bertz CT molecular complexity index is 672. The van der Waals surface area contributed by atoms with Gasteiger partial charge in [-0.05, 0) is 38.8 Å². The van der Waals surface area contributed by atoms with Gasteiger partial charge in [-0.25, -0.2) is 9.48 Å². The molecule has 0 unspecified atom stereocenters. The van der Waals surface area contributed by atoms with Crippen LogP contribution in [0, 0.1) is 0 Å². The number of nitrogens with one attached hydrogen (secondary N) is 2. The molecule has 3 heterocycles. The molecule has 3 fully saturated rings. The second-order valence-corrected chi connectivity index (χ2v) is 8.13. The highest BCUT2D eigenvalue weighted by atomic mass is 16.2. The fraction of sp³-hybridized carbons (Fsp3) is 0.789. The Hall–Kier alpha value is -2.16. The monoisotopic (exact) mass is 389 g/mol. The Morgan fingerprint density at radius 2 is 1.64 bits per heavy atom. The lowest BCUT2D eigenvalue weighted by molar-refractivity contribution is 0.0656. The molecule has 28 heavy (non-hydrogen) atoms. The van der Waals surface area contributed by atoms with E-state index in [0.29, 0.717) is 44.0 Å². The number of piperazine rings is 1. The highest BCUT2D eigenvalue weighted by Gasteiger charge is 2.28. The summed E-state index contributed by atoms with van der Waals surface area (Å²) in [6, 6.07) is 0.636. The van der Waals surface area contributed by atoms with E-state index >= 15 is 0 Å². The molecule has 9 nitrogen and oxygen atoms in total. The standard InChI is InChI=1S/C19H31N7O2/c27-18(17-14-26(23-22-17)16-6-8-20-9-7-16)24-10-12-25(13-11-24)19(28)21-15-4-2-1-3-5-15/h14-16,20H,1-13H2,(H,21,28). The first-order chi connectivity index (χ1) is 13.7. The highest BCUT2D eigenvalue weighted by molar-refractivity contribution is 5.92. The quantitative estimate of drug-likeness (QED) is 0.804. The number of carbonyl (C=O) groups excluding carboxylic acids is 2. The minimum absolute atomic E-state index is 0.0100. The molecule has 0 spiro atoms. The largest absolute Gasteiger partial charge is 0.335 e. The number of aromatic nitrogens is 3. The maximum Gasteiger partial charge on any atom is 0.317 e. The summed E-state index contributed by atoms with van der Waals surface area (Å²) in [5.74, 6) is -0.0903. The van der Waals surface area contributed by atoms with Crippen molar-refractivity contribution in [2.45, 2.75) is 57.0 Å². The number of hydrogen-bond acceptors (Lipinski definition) is 5. The fourth-order valence-corrected chi connectivity index (χ4v) is 4.41. The number of urea groups is 1. The summed E-state index contributed by atoms with van der Waals surface area (Å²) in [5.41, 5.74) is 0.402. The van der Waals surface area contributed by atoms with Crippen LogP contribution in [0.2, 0.25) is 0 Å². The Labute approximate surface area is 165 Å². The average Bonchev–Trinajstić information content (AvgIpc) is 3.25. The Morgan fingerprint density at radius 3 is 2.36 bits per heavy atom. The molecule has 9 heteroatoms. The molecule has 0 atom stereocenters. The maximum atomic E-state index is 12.8. The summed E-state index contributed by atoms with van der Waals surface area (Å²) in [7, 11) is 0. The van der Waals surface area contributed by atoms with Crippen molar-refractivity contribution in [2.24, 2.45) is 0 Å². The number of piperidine rings is 1. The first kappa shape index (κ1) is 19.2. The van der Waals surface area contributed by atoms with Gasteiger partial charge in [-0.3, -0.25) is 4.79 Å². The van der Waals surface area contributed by atoms with Crippen molar-refractivity contribution in [3.05, 3.63) is 11.9 Å². The molecule has 1 aromatic heterocycles. The van der Waals surface area contributed by atoms with E-state index < -0.39 is 0 Å². The SMILES string of the molecule is O=C(NC1CCCCC1)N1CCN(C(=O)c2cn(C3CCNCC3)nn2)CC1. The van der Waals surface area contributed by atoms with Crippen molar-refractivity contribution < 1.29 is 9.59 Å². The van der Waals surface area contributed by atoms with Gasteiger partial charge in [0.1, 0.15) is 0 Å². The number of hydrogen-bond donors (Lipinski definition) is 2. The molecule has 0 radical (unpaired) electrons. The lowest BCUT2D eigenvalue weighted by Crippen LogP contribution is -2.54. The summed E-state index contributed by atoms with van der Waals surface area (Å²) in [6.07, 6.45) is 9.62. The van der Waals surface area contributed by atoms with E-state index in [-0.39, 0.29) is 11.9 Å². The van der Waals surface area contributed by atoms with E-state index in [1.165, 1.54) is 19.3 Å². The lowest BCUT2D eigenvalue weighted by atomic mass is 9.96. The van der Waals surface area contributed by atoms with Crippen LogP contribution in [-0.4, -0.2) is 82.0 Å². The van der Waals surface area contributed by atoms with Gasteiger partial charge in [0.2, 0.25) is 0 Å². The second-order valence-electron chi connectivity index (χ2n) is 8.13. The molecule has 154 valence electrons. The maximum absolute atomic E-state index is 12.8. The molecule has 2 saturated heterocycles. The molecule has 1 saturated carbocycles. The molecule has 3 aliphatic rings. The van der Waals surface area contributed by atoms with E-state index in [2.05, 4.69) is 20.9 Å². The van der Waals surface area contributed by atoms with E-state index in [1.807, 2.05) is 9.58 Å². The smallest absolute Gasteiger partial charge is 0.317 e. The average molecular weight is 390 g/mol. The van der Waals surface area contributed by atoms with Gasteiger partial charge in [-0.1, -0.05) is 24.5 Å². The van der Waals surface area contributed by atoms with Crippen molar-refractivity contribution in [1.82, 2.24) is 35.4 Å². The zero-order valence-corrected chi connectivity index (χ0v) is 16.5. The topological polar surface area (TPSA) is 95.4 Å². The Morgan fingerprint density at radius 1 is 0.964 bits per heavy atom. The summed E-state index contributed by atoms with van der Waals surface area (Å²) in [6.45, 7) is 4.14. The van der Waals surface area contributed by atoms with Crippen molar-refractivity contribution in [3.63, 3.8) is 0 Å². The van der Waals surface area contributed by atoms with Gasteiger partial charge in [-0.15, -0.1) is 5.10 Å². The van der Waals surface area contributed by atoms with Crippen LogP contribution >= 0.6 is 0 Å². The molecule has 3 amide bonds. The number of carbonyl (C=O) groups is 2.